The van der Waals surface area contributed by atoms with E-state index in [9.17, 15) is 0 Å². The van der Waals surface area contributed by atoms with Crippen LogP contribution in [0.3, 0.4) is 0 Å². The molecule has 1 fully saturated rings. The van der Waals surface area contributed by atoms with Crippen LogP contribution >= 0.6 is 11.8 Å². The molecular weight excluding hydrogens is 204 g/mol. The summed E-state index contributed by atoms with van der Waals surface area (Å²) in [6, 6.07) is 0.754. The van der Waals surface area contributed by atoms with Crippen LogP contribution in [-0.2, 0) is 0 Å². The van der Waals surface area contributed by atoms with Gasteiger partial charge in [-0.25, -0.2) is 0 Å². The molecule has 0 radical (unpaired) electrons. The SMILES string of the molecule is CNCCCC(C)N1CC(C)SC(C)C1. The van der Waals surface area contributed by atoms with Crippen molar-refractivity contribution in [2.45, 2.75) is 50.2 Å². The second-order valence-corrected chi connectivity index (χ2v) is 6.69. The molecular formula is C12H26N2S. The molecule has 0 amide bonds. The van der Waals surface area contributed by atoms with Crippen LogP contribution in [0.4, 0.5) is 0 Å². The van der Waals surface area contributed by atoms with Gasteiger partial charge >= 0.3 is 0 Å². The fraction of sp³-hybridized carbons (Fsp3) is 1.00. The van der Waals surface area contributed by atoms with Gasteiger partial charge in [0.05, 0.1) is 0 Å². The molecule has 90 valence electrons. The highest BCUT2D eigenvalue weighted by atomic mass is 32.2. The molecule has 0 spiro atoms. The standard InChI is InChI=1S/C12H26N2S/c1-10(6-5-7-13-4)14-8-11(2)15-12(3)9-14/h10-13H,5-9H2,1-4H3. The van der Waals surface area contributed by atoms with Crippen LogP contribution in [-0.4, -0.2) is 48.1 Å². The van der Waals surface area contributed by atoms with E-state index in [1.807, 2.05) is 7.05 Å². The van der Waals surface area contributed by atoms with Gasteiger partial charge in [-0.2, -0.15) is 11.8 Å². The summed E-state index contributed by atoms with van der Waals surface area (Å²) in [7, 11) is 2.03. The molecule has 0 aromatic heterocycles. The van der Waals surface area contributed by atoms with Crippen molar-refractivity contribution in [3.63, 3.8) is 0 Å². The Balaban J connectivity index is 2.28. The molecule has 0 aromatic carbocycles. The third kappa shape index (κ3) is 4.75. The summed E-state index contributed by atoms with van der Waals surface area (Å²) in [5, 5.41) is 4.83. The van der Waals surface area contributed by atoms with Gasteiger partial charge in [-0.1, -0.05) is 13.8 Å². The Morgan fingerprint density at radius 1 is 1.33 bits per heavy atom. The summed E-state index contributed by atoms with van der Waals surface area (Å²) in [6.07, 6.45) is 2.62. The smallest absolute Gasteiger partial charge is 0.0149 e. The molecule has 0 saturated carbocycles. The minimum absolute atomic E-state index is 0.754. The molecule has 1 aliphatic rings. The molecule has 3 heteroatoms. The van der Waals surface area contributed by atoms with Gasteiger partial charge in [-0.05, 0) is 33.4 Å². The summed E-state index contributed by atoms with van der Waals surface area (Å²) in [6.45, 7) is 10.8. The van der Waals surface area contributed by atoms with Crippen molar-refractivity contribution in [3.05, 3.63) is 0 Å². The molecule has 1 heterocycles. The van der Waals surface area contributed by atoms with Crippen LogP contribution in [0.5, 0.6) is 0 Å². The van der Waals surface area contributed by atoms with Gasteiger partial charge in [0.15, 0.2) is 0 Å². The van der Waals surface area contributed by atoms with Crippen molar-refractivity contribution in [2.24, 2.45) is 0 Å². The maximum Gasteiger partial charge on any atom is 0.0149 e. The largest absolute Gasteiger partial charge is 0.320 e. The molecule has 0 bridgehead atoms. The minimum Gasteiger partial charge on any atom is -0.320 e. The maximum absolute atomic E-state index is 3.22. The van der Waals surface area contributed by atoms with Crippen molar-refractivity contribution in [3.8, 4) is 0 Å². The average Bonchev–Trinajstić information content (AvgIpc) is 2.16. The molecule has 0 aliphatic carbocycles. The summed E-state index contributed by atoms with van der Waals surface area (Å²) in [5.74, 6) is 0. The van der Waals surface area contributed by atoms with E-state index in [0.29, 0.717) is 0 Å². The zero-order chi connectivity index (χ0) is 11.3. The topological polar surface area (TPSA) is 15.3 Å². The lowest BCUT2D eigenvalue weighted by atomic mass is 10.1. The Hall–Kier alpha value is 0.270. The minimum atomic E-state index is 0.754. The van der Waals surface area contributed by atoms with E-state index in [-0.39, 0.29) is 0 Å². The van der Waals surface area contributed by atoms with E-state index in [1.54, 1.807) is 0 Å². The first-order valence-corrected chi connectivity index (χ1v) is 7.12. The van der Waals surface area contributed by atoms with Gasteiger partial charge in [0, 0.05) is 29.6 Å². The van der Waals surface area contributed by atoms with E-state index < -0.39 is 0 Å². The number of thioether (sulfide) groups is 1. The number of nitrogens with one attached hydrogen (secondary N) is 1. The summed E-state index contributed by atoms with van der Waals surface area (Å²) in [5.41, 5.74) is 0. The number of hydrogen-bond donors (Lipinski definition) is 1. The van der Waals surface area contributed by atoms with Crippen LogP contribution in [0, 0.1) is 0 Å². The predicted octanol–water partition coefficient (Wildman–Crippen LogP) is 2.20. The van der Waals surface area contributed by atoms with Crippen molar-refractivity contribution < 1.29 is 0 Å². The Morgan fingerprint density at radius 3 is 2.47 bits per heavy atom. The highest BCUT2D eigenvalue weighted by molar-refractivity contribution is 8.00. The first-order valence-electron chi connectivity index (χ1n) is 6.17. The van der Waals surface area contributed by atoms with Crippen molar-refractivity contribution in [1.29, 1.82) is 0 Å². The molecule has 2 nitrogen and oxygen atoms in total. The summed E-state index contributed by atoms with van der Waals surface area (Å²) < 4.78 is 0. The lowest BCUT2D eigenvalue weighted by molar-refractivity contribution is 0.195. The lowest BCUT2D eigenvalue weighted by Crippen LogP contribution is -2.45. The van der Waals surface area contributed by atoms with Crippen LogP contribution in [0.15, 0.2) is 0 Å². The molecule has 0 aromatic rings. The van der Waals surface area contributed by atoms with Crippen LogP contribution in [0.1, 0.15) is 33.6 Å². The quantitative estimate of drug-likeness (QED) is 0.729. The Bertz CT molecular complexity index is 165. The van der Waals surface area contributed by atoms with E-state index >= 15 is 0 Å². The van der Waals surface area contributed by atoms with Crippen LogP contribution < -0.4 is 5.32 Å². The third-order valence-corrected chi connectivity index (χ3v) is 4.35. The lowest BCUT2D eigenvalue weighted by Gasteiger charge is -2.38. The zero-order valence-corrected chi connectivity index (χ0v) is 11.4. The Labute approximate surface area is 99.2 Å². The molecule has 15 heavy (non-hydrogen) atoms. The van der Waals surface area contributed by atoms with Crippen LogP contribution in [0.2, 0.25) is 0 Å². The average molecular weight is 230 g/mol. The Kier molecular flexibility index (Phi) is 6.02. The van der Waals surface area contributed by atoms with Gasteiger partial charge in [0.25, 0.3) is 0 Å². The van der Waals surface area contributed by atoms with Gasteiger partial charge in [0.1, 0.15) is 0 Å². The van der Waals surface area contributed by atoms with Crippen molar-refractivity contribution in [1.82, 2.24) is 10.2 Å². The maximum atomic E-state index is 3.22. The van der Waals surface area contributed by atoms with Gasteiger partial charge in [-0.3, -0.25) is 4.90 Å². The molecule has 1 rings (SSSR count). The number of nitrogens with zero attached hydrogens (tertiary/aromatic N) is 1. The first kappa shape index (κ1) is 13.3. The second-order valence-electron chi connectivity index (χ2n) is 4.81. The highest BCUT2D eigenvalue weighted by Crippen LogP contribution is 2.26. The molecule has 1 N–H and O–H groups in total. The number of rotatable bonds is 5. The van der Waals surface area contributed by atoms with Gasteiger partial charge < -0.3 is 5.32 Å². The predicted molar refractivity (Wildman–Crippen MR) is 70.7 cm³/mol. The number of hydrogen-bond acceptors (Lipinski definition) is 3. The monoisotopic (exact) mass is 230 g/mol. The third-order valence-electron chi connectivity index (χ3n) is 3.12. The van der Waals surface area contributed by atoms with E-state index in [2.05, 4.69) is 42.7 Å². The fourth-order valence-electron chi connectivity index (χ4n) is 2.33. The van der Waals surface area contributed by atoms with Crippen LogP contribution in [0.25, 0.3) is 0 Å². The zero-order valence-electron chi connectivity index (χ0n) is 10.6. The second kappa shape index (κ2) is 6.77. The molecule has 3 atom stereocenters. The van der Waals surface area contributed by atoms with E-state index in [4.69, 9.17) is 0 Å². The van der Waals surface area contributed by atoms with Gasteiger partial charge in [-0.15, -0.1) is 0 Å². The first-order chi connectivity index (χ1) is 7.13. The normalized spacial score (nSPS) is 30.4. The Morgan fingerprint density at radius 2 is 1.93 bits per heavy atom. The summed E-state index contributed by atoms with van der Waals surface area (Å²) >= 11 is 2.14. The van der Waals surface area contributed by atoms with E-state index in [1.165, 1.54) is 25.9 Å². The molecule has 3 unspecified atom stereocenters. The van der Waals surface area contributed by atoms with Gasteiger partial charge in [0.2, 0.25) is 0 Å². The summed E-state index contributed by atoms with van der Waals surface area (Å²) in [4.78, 5) is 2.67. The van der Waals surface area contributed by atoms with Crippen molar-refractivity contribution >= 4 is 11.8 Å². The highest BCUT2D eigenvalue weighted by Gasteiger charge is 2.25. The molecule has 1 aliphatic heterocycles. The van der Waals surface area contributed by atoms with E-state index in [0.717, 1.165) is 23.1 Å². The fourth-order valence-corrected chi connectivity index (χ4v) is 3.68. The van der Waals surface area contributed by atoms with Crippen molar-refractivity contribution in [2.75, 3.05) is 26.7 Å². The molecule has 1 saturated heterocycles.